The lowest BCUT2D eigenvalue weighted by atomic mass is 10.2. The first-order valence-electron chi connectivity index (χ1n) is 7.89. The quantitative estimate of drug-likeness (QED) is 0.752. The molecule has 0 atom stereocenters. The molecule has 1 aromatic carbocycles. The third-order valence-electron chi connectivity index (χ3n) is 3.20. The Hall–Kier alpha value is -2.81. The van der Waals surface area contributed by atoms with Gasteiger partial charge < -0.3 is 10.1 Å². The molecule has 0 aliphatic heterocycles. The van der Waals surface area contributed by atoms with E-state index in [4.69, 9.17) is 4.74 Å². The van der Waals surface area contributed by atoms with Gasteiger partial charge in [-0.3, -0.25) is 10.1 Å². The number of aromatic nitrogens is 1. The number of hydrogen-bond donors (Lipinski definition) is 2. The molecular weight excluding hydrogens is 361 g/mol. The molecule has 1 aromatic heterocycles. The van der Waals surface area contributed by atoms with Crippen molar-refractivity contribution in [2.45, 2.75) is 20.3 Å². The average Bonchev–Trinajstić information content (AvgIpc) is 3.00. The smallest absolute Gasteiger partial charge is 0.350 e. The number of benzene rings is 1. The van der Waals surface area contributed by atoms with Gasteiger partial charge in [0.2, 0.25) is 0 Å². The van der Waals surface area contributed by atoms with E-state index in [9.17, 15) is 18.8 Å². The van der Waals surface area contributed by atoms with Crippen LogP contribution in [0.15, 0.2) is 24.3 Å². The van der Waals surface area contributed by atoms with Gasteiger partial charge in [-0.25, -0.2) is 19.0 Å². The van der Waals surface area contributed by atoms with Gasteiger partial charge in [-0.05, 0) is 37.6 Å². The van der Waals surface area contributed by atoms with E-state index < -0.39 is 24.5 Å². The van der Waals surface area contributed by atoms with Crippen molar-refractivity contribution in [1.82, 2.24) is 15.6 Å². The number of urea groups is 1. The van der Waals surface area contributed by atoms with Crippen LogP contribution in [-0.2, 0) is 9.53 Å². The Morgan fingerprint density at radius 1 is 1.23 bits per heavy atom. The van der Waals surface area contributed by atoms with Crippen LogP contribution in [0.1, 0.15) is 28.7 Å². The first-order chi connectivity index (χ1) is 12.4. The molecule has 0 radical (unpaired) electrons. The molecule has 9 heteroatoms. The zero-order chi connectivity index (χ0) is 19.1. The number of imide groups is 1. The molecule has 0 fully saturated rings. The van der Waals surface area contributed by atoms with Crippen molar-refractivity contribution in [2.75, 3.05) is 13.2 Å². The largest absolute Gasteiger partial charge is 0.451 e. The fourth-order valence-electron chi connectivity index (χ4n) is 1.94. The van der Waals surface area contributed by atoms with Gasteiger partial charge >= 0.3 is 12.0 Å². The van der Waals surface area contributed by atoms with Gasteiger partial charge in [-0.1, -0.05) is 6.92 Å². The van der Waals surface area contributed by atoms with Gasteiger partial charge in [0.25, 0.3) is 5.91 Å². The maximum atomic E-state index is 13.0. The molecule has 2 aromatic rings. The summed E-state index contributed by atoms with van der Waals surface area (Å²) in [5.74, 6) is -1.80. The minimum atomic E-state index is -0.729. The molecule has 1 heterocycles. The molecule has 7 nitrogen and oxygen atoms in total. The van der Waals surface area contributed by atoms with Gasteiger partial charge in [-0.15, -0.1) is 11.3 Å². The number of ether oxygens (including phenoxy) is 1. The summed E-state index contributed by atoms with van der Waals surface area (Å²) in [4.78, 5) is 39.6. The highest BCUT2D eigenvalue weighted by atomic mass is 32.1. The van der Waals surface area contributed by atoms with E-state index in [0.717, 1.165) is 17.8 Å². The van der Waals surface area contributed by atoms with Crippen LogP contribution in [0.2, 0.25) is 0 Å². The predicted molar refractivity (Wildman–Crippen MR) is 94.4 cm³/mol. The van der Waals surface area contributed by atoms with E-state index in [1.807, 2.05) is 6.92 Å². The summed E-state index contributed by atoms with van der Waals surface area (Å²) in [6, 6.07) is 5.09. The van der Waals surface area contributed by atoms with Crippen LogP contribution in [0.3, 0.4) is 0 Å². The highest BCUT2D eigenvalue weighted by Crippen LogP contribution is 2.28. The third kappa shape index (κ3) is 5.35. The second kappa shape index (κ2) is 9.04. The Balaban J connectivity index is 1.94. The predicted octanol–water partition coefficient (Wildman–Crippen LogP) is 2.65. The van der Waals surface area contributed by atoms with Gasteiger partial charge in [0.05, 0.1) is 5.69 Å². The maximum absolute atomic E-state index is 13.0. The molecule has 2 N–H and O–H groups in total. The number of rotatable bonds is 6. The molecular formula is C17H18FN3O4S. The number of carbonyl (C=O) groups excluding carboxylic acids is 3. The van der Waals surface area contributed by atoms with E-state index in [1.54, 1.807) is 19.1 Å². The lowest BCUT2D eigenvalue weighted by Crippen LogP contribution is -2.41. The van der Waals surface area contributed by atoms with Crippen LogP contribution in [-0.4, -0.2) is 36.0 Å². The third-order valence-corrected chi connectivity index (χ3v) is 4.38. The molecule has 0 saturated carbocycles. The summed E-state index contributed by atoms with van der Waals surface area (Å²) in [6.07, 6.45) is 0.734. The Bertz CT molecular complexity index is 805. The first-order valence-corrected chi connectivity index (χ1v) is 8.70. The Kier molecular flexibility index (Phi) is 6.79. The highest BCUT2D eigenvalue weighted by molar-refractivity contribution is 7.17. The van der Waals surface area contributed by atoms with Crippen LogP contribution in [0.5, 0.6) is 0 Å². The van der Waals surface area contributed by atoms with Crippen molar-refractivity contribution in [3.8, 4) is 10.6 Å². The molecule has 0 saturated heterocycles. The van der Waals surface area contributed by atoms with Gasteiger partial charge in [-0.2, -0.15) is 0 Å². The van der Waals surface area contributed by atoms with Crippen LogP contribution in [0.4, 0.5) is 9.18 Å². The fourth-order valence-corrected chi connectivity index (χ4v) is 2.91. The fraction of sp³-hybridized carbons (Fsp3) is 0.294. The SMILES string of the molecule is CCCNC(=O)NC(=O)COC(=O)c1sc(-c2ccc(F)cc2)nc1C. The zero-order valence-electron chi connectivity index (χ0n) is 14.3. The number of carbonyl (C=O) groups is 3. The summed E-state index contributed by atoms with van der Waals surface area (Å²) in [5, 5.41) is 5.07. The maximum Gasteiger partial charge on any atom is 0.350 e. The van der Waals surface area contributed by atoms with Crippen LogP contribution < -0.4 is 10.6 Å². The van der Waals surface area contributed by atoms with E-state index in [1.165, 1.54) is 12.1 Å². The number of nitrogens with zero attached hydrogens (tertiary/aromatic N) is 1. The standard InChI is InChI=1S/C17H18FN3O4S/c1-3-8-19-17(24)21-13(22)9-25-16(23)14-10(2)20-15(26-14)11-4-6-12(18)7-5-11/h4-7H,3,8-9H2,1-2H3,(H2,19,21,22,24). The number of hydrogen-bond acceptors (Lipinski definition) is 6. The molecule has 2 rings (SSSR count). The number of halogens is 1. The zero-order valence-corrected chi connectivity index (χ0v) is 15.1. The number of amides is 3. The molecule has 0 aliphatic carbocycles. The van der Waals surface area contributed by atoms with Crippen molar-refractivity contribution in [3.05, 3.63) is 40.7 Å². The van der Waals surface area contributed by atoms with E-state index in [2.05, 4.69) is 15.6 Å². The van der Waals surface area contributed by atoms with Crippen molar-refractivity contribution >= 4 is 29.2 Å². The summed E-state index contributed by atoms with van der Waals surface area (Å²) in [6.45, 7) is 3.37. The van der Waals surface area contributed by atoms with Crippen molar-refractivity contribution in [2.24, 2.45) is 0 Å². The average molecular weight is 379 g/mol. The van der Waals surface area contributed by atoms with Gasteiger partial charge in [0, 0.05) is 12.1 Å². The number of thiazole rings is 1. The minimum absolute atomic E-state index is 0.243. The van der Waals surface area contributed by atoms with Crippen LogP contribution in [0.25, 0.3) is 10.6 Å². The molecule has 0 aliphatic rings. The Morgan fingerprint density at radius 3 is 2.58 bits per heavy atom. The molecule has 26 heavy (non-hydrogen) atoms. The highest BCUT2D eigenvalue weighted by Gasteiger charge is 2.19. The summed E-state index contributed by atoms with van der Waals surface area (Å²) in [5.41, 5.74) is 1.12. The molecule has 0 unspecified atom stereocenters. The molecule has 0 spiro atoms. The lowest BCUT2D eigenvalue weighted by Gasteiger charge is -2.06. The number of aryl methyl sites for hydroxylation is 1. The normalized spacial score (nSPS) is 10.3. The molecule has 3 amide bonds. The Morgan fingerprint density at radius 2 is 1.92 bits per heavy atom. The van der Waals surface area contributed by atoms with Gasteiger partial charge in [0.15, 0.2) is 6.61 Å². The molecule has 0 bridgehead atoms. The van der Waals surface area contributed by atoms with E-state index in [0.29, 0.717) is 22.8 Å². The van der Waals surface area contributed by atoms with E-state index >= 15 is 0 Å². The second-order valence-corrected chi connectivity index (χ2v) is 6.32. The minimum Gasteiger partial charge on any atom is -0.451 e. The molecule has 138 valence electrons. The van der Waals surface area contributed by atoms with E-state index in [-0.39, 0.29) is 10.7 Å². The lowest BCUT2D eigenvalue weighted by molar-refractivity contribution is -0.123. The first kappa shape index (κ1) is 19.5. The number of esters is 1. The van der Waals surface area contributed by atoms with Crippen LogP contribution >= 0.6 is 11.3 Å². The van der Waals surface area contributed by atoms with Crippen molar-refractivity contribution < 1.29 is 23.5 Å². The van der Waals surface area contributed by atoms with Crippen molar-refractivity contribution in [1.29, 1.82) is 0 Å². The monoisotopic (exact) mass is 379 g/mol. The summed E-state index contributed by atoms with van der Waals surface area (Å²) < 4.78 is 17.9. The number of nitrogens with one attached hydrogen (secondary N) is 2. The van der Waals surface area contributed by atoms with Gasteiger partial charge in [0.1, 0.15) is 15.7 Å². The second-order valence-electron chi connectivity index (χ2n) is 5.32. The van der Waals surface area contributed by atoms with Crippen LogP contribution in [0, 0.1) is 12.7 Å². The summed E-state index contributed by atoms with van der Waals surface area (Å²) >= 11 is 1.08. The summed E-state index contributed by atoms with van der Waals surface area (Å²) in [7, 11) is 0. The topological polar surface area (TPSA) is 97.4 Å². The Labute approximate surface area is 153 Å². The van der Waals surface area contributed by atoms with Crippen molar-refractivity contribution in [3.63, 3.8) is 0 Å².